The lowest BCUT2D eigenvalue weighted by molar-refractivity contribution is 0.259. The van der Waals surface area contributed by atoms with Gasteiger partial charge in [-0.1, -0.05) is 6.07 Å². The lowest BCUT2D eigenvalue weighted by Crippen LogP contribution is -2.20. The number of hydrogen-bond acceptors (Lipinski definition) is 1. The summed E-state index contributed by atoms with van der Waals surface area (Å²) in [6.45, 7) is 1.80. The van der Waals surface area contributed by atoms with Crippen LogP contribution in [-0.4, -0.2) is 6.03 Å². The number of aryl methyl sites for hydroxylation is 1. The quantitative estimate of drug-likeness (QED) is 0.669. The van der Waals surface area contributed by atoms with Gasteiger partial charge in [-0.3, -0.25) is 0 Å². The van der Waals surface area contributed by atoms with Crippen LogP contribution in [0.3, 0.4) is 0 Å². The Kier molecular flexibility index (Phi) is 2.28. The number of amides is 2. The van der Waals surface area contributed by atoms with Crippen molar-refractivity contribution in [3.05, 3.63) is 29.6 Å². The van der Waals surface area contributed by atoms with E-state index in [0.29, 0.717) is 0 Å². The van der Waals surface area contributed by atoms with Crippen LogP contribution in [0.5, 0.6) is 0 Å². The molecule has 0 aliphatic heterocycles. The summed E-state index contributed by atoms with van der Waals surface area (Å²) in [4.78, 5) is 10.4. The fourth-order valence-corrected chi connectivity index (χ4v) is 0.868. The fourth-order valence-electron chi connectivity index (χ4n) is 0.868. The largest absolute Gasteiger partial charge is 0.351 e. The maximum absolute atomic E-state index is 12.9. The third-order valence-corrected chi connectivity index (χ3v) is 1.38. The number of carbonyl (C=O) groups is 1. The molecule has 1 rings (SSSR count). The Bertz CT molecular complexity index is 320. The van der Waals surface area contributed by atoms with Crippen molar-refractivity contribution in [2.75, 3.05) is 5.32 Å². The third kappa shape index (κ3) is 1.95. The number of rotatable bonds is 1. The smallest absolute Gasteiger partial charge is 0.316 e. The second-order valence-electron chi connectivity index (χ2n) is 2.47. The molecule has 1 aromatic rings. The summed E-state index contributed by atoms with van der Waals surface area (Å²) >= 11 is 0. The van der Waals surface area contributed by atoms with Gasteiger partial charge in [0, 0.05) is 2.85 Å². The topological polar surface area (TPSA) is 55.1 Å². The molecule has 0 aliphatic rings. The molecule has 0 fully saturated rings. The molecule has 4 heteroatoms. The highest BCUT2D eigenvalue weighted by atomic mass is 19.1. The van der Waals surface area contributed by atoms with Crippen LogP contribution < -0.4 is 11.1 Å². The van der Waals surface area contributed by atoms with E-state index in [4.69, 9.17) is 5.73 Å². The zero-order valence-corrected chi connectivity index (χ0v) is 6.60. The van der Waals surface area contributed by atoms with E-state index >= 15 is 0 Å². The number of carbonyl (C=O) groups excluding carboxylic acids is 1. The van der Waals surface area contributed by atoms with Crippen molar-refractivity contribution in [3.8, 4) is 0 Å². The number of nitrogens with one attached hydrogen (secondary N) is 1. The van der Waals surface area contributed by atoms with Gasteiger partial charge in [0.25, 0.3) is 0 Å². The Morgan fingerprint density at radius 1 is 1.67 bits per heavy atom. The molecule has 0 bridgehead atoms. The van der Waals surface area contributed by atoms with Crippen molar-refractivity contribution >= 4 is 11.7 Å². The minimum Gasteiger partial charge on any atom is -0.351 e. The second kappa shape index (κ2) is 3.21. The van der Waals surface area contributed by atoms with Crippen LogP contribution >= 0.6 is 0 Å². The molecule has 0 saturated heterocycles. The van der Waals surface area contributed by atoms with E-state index in [1.54, 1.807) is 13.0 Å². The van der Waals surface area contributed by atoms with E-state index in [2.05, 4.69) is 5.32 Å². The summed E-state index contributed by atoms with van der Waals surface area (Å²) in [6.07, 6.45) is 0. The molecule has 0 spiro atoms. The molecule has 0 unspecified atom stereocenters. The molecule has 0 aromatic heterocycles. The number of hydrogen-bond donors (Lipinski definition) is 2. The predicted octanol–water partition coefficient (Wildman–Crippen LogP) is 2.12. The number of urea groups is 1. The van der Waals surface area contributed by atoms with Crippen LogP contribution in [0.2, 0.25) is 0 Å². The summed E-state index contributed by atoms with van der Waals surface area (Å²) in [5, 5.41) is 2.18. The first kappa shape index (κ1) is 8.52. The van der Waals surface area contributed by atoms with Crippen molar-refractivity contribution in [1.29, 1.82) is 0 Å². The van der Waals surface area contributed by atoms with Gasteiger partial charge in [0.1, 0.15) is 5.82 Å². The molecule has 68 valence electrons. The van der Waals surface area contributed by atoms with Crippen LogP contribution in [0.1, 0.15) is 8.42 Å². The minimum absolute atomic E-state index is 0. The van der Waals surface area contributed by atoms with E-state index in [1.165, 1.54) is 12.1 Å². The Morgan fingerprint density at radius 3 is 2.92 bits per heavy atom. The maximum Gasteiger partial charge on any atom is 0.316 e. The van der Waals surface area contributed by atoms with Gasteiger partial charge < -0.3 is 11.1 Å². The van der Waals surface area contributed by atoms with E-state index in [1.807, 2.05) is 0 Å². The number of benzene rings is 1. The van der Waals surface area contributed by atoms with Crippen LogP contribution in [0.4, 0.5) is 14.9 Å². The highest BCUT2D eigenvalue weighted by molar-refractivity contribution is 5.87. The molecule has 2 amide bonds. The van der Waals surface area contributed by atoms with Gasteiger partial charge in [-0.2, -0.15) is 0 Å². The van der Waals surface area contributed by atoms with Gasteiger partial charge in [-0.05, 0) is 24.6 Å². The van der Waals surface area contributed by atoms with Crippen LogP contribution in [-0.2, 0) is 0 Å². The van der Waals surface area contributed by atoms with Crippen LogP contribution in [0, 0.1) is 12.7 Å². The molecule has 3 nitrogen and oxygen atoms in total. The summed E-state index contributed by atoms with van der Waals surface area (Å²) in [5.41, 5.74) is 5.80. The Hall–Kier alpha value is -1.58. The number of nitrogens with two attached hydrogens (primary N) is 1. The van der Waals surface area contributed by atoms with Crippen molar-refractivity contribution in [3.63, 3.8) is 0 Å². The molecule has 3 N–H and O–H groups in total. The van der Waals surface area contributed by atoms with Gasteiger partial charge >= 0.3 is 6.03 Å². The molecule has 12 heavy (non-hydrogen) atoms. The van der Waals surface area contributed by atoms with Crippen molar-refractivity contribution in [2.24, 2.45) is 5.73 Å². The van der Waals surface area contributed by atoms with Gasteiger partial charge in [0.2, 0.25) is 0 Å². The van der Waals surface area contributed by atoms with Gasteiger partial charge in [-0.25, -0.2) is 9.18 Å². The molecule has 0 atom stereocenters. The lowest BCUT2D eigenvalue weighted by Gasteiger charge is -2.03. The minimum atomic E-state index is -0.764. The van der Waals surface area contributed by atoms with Crippen molar-refractivity contribution in [2.45, 2.75) is 6.92 Å². The lowest BCUT2D eigenvalue weighted by atomic mass is 10.2. The first-order chi connectivity index (χ1) is 5.59. The van der Waals surface area contributed by atoms with E-state index in [0.717, 1.165) is 5.56 Å². The molecular formula is C8H13FN2O. The normalized spacial score (nSPS) is 9.50. The predicted molar refractivity (Wildman–Crippen MR) is 48.6 cm³/mol. The maximum atomic E-state index is 12.9. The van der Waals surface area contributed by atoms with E-state index in [9.17, 15) is 9.18 Å². The SMILES string of the molecule is Cc1ccc(F)c(NC(N)=O)c1.[HH].[HH]. The van der Waals surface area contributed by atoms with E-state index < -0.39 is 11.8 Å². The van der Waals surface area contributed by atoms with Crippen molar-refractivity contribution < 1.29 is 12.0 Å². The molecular weight excluding hydrogens is 159 g/mol. The summed E-state index contributed by atoms with van der Waals surface area (Å²) in [6, 6.07) is 3.64. The molecule has 0 radical (unpaired) electrons. The Labute approximate surface area is 72.3 Å². The fraction of sp³-hybridized carbons (Fsp3) is 0.125. The Morgan fingerprint density at radius 2 is 2.33 bits per heavy atom. The highest BCUT2D eigenvalue weighted by Crippen LogP contribution is 2.14. The zero-order chi connectivity index (χ0) is 9.14. The average Bonchev–Trinajstić information content (AvgIpc) is 1.96. The first-order valence-electron chi connectivity index (χ1n) is 3.42. The van der Waals surface area contributed by atoms with Gasteiger partial charge in [0.15, 0.2) is 0 Å². The standard InChI is InChI=1S/C8H9FN2O.2H2/c1-5-2-3-6(9)7(4-5)11-8(10)12;;/h2-4H,1H3,(H3,10,11,12);2*1H. The van der Waals surface area contributed by atoms with E-state index in [-0.39, 0.29) is 8.54 Å². The number of anilines is 1. The summed E-state index contributed by atoms with van der Waals surface area (Å²) in [7, 11) is 0. The number of halogens is 1. The third-order valence-electron chi connectivity index (χ3n) is 1.38. The first-order valence-corrected chi connectivity index (χ1v) is 3.42. The summed E-state index contributed by atoms with van der Waals surface area (Å²) in [5.74, 6) is -0.487. The van der Waals surface area contributed by atoms with Crippen LogP contribution in [0.25, 0.3) is 0 Å². The van der Waals surface area contributed by atoms with Crippen molar-refractivity contribution in [1.82, 2.24) is 0 Å². The van der Waals surface area contributed by atoms with Gasteiger partial charge in [-0.15, -0.1) is 0 Å². The summed E-state index contributed by atoms with van der Waals surface area (Å²) < 4.78 is 12.9. The van der Waals surface area contributed by atoms with Gasteiger partial charge in [0.05, 0.1) is 5.69 Å². The number of primary amides is 1. The molecule has 1 aromatic carbocycles. The Balaban J connectivity index is 0. The highest BCUT2D eigenvalue weighted by Gasteiger charge is 2.02. The zero-order valence-electron chi connectivity index (χ0n) is 6.60. The van der Waals surface area contributed by atoms with Crippen LogP contribution in [0.15, 0.2) is 18.2 Å². The molecule has 0 saturated carbocycles. The molecule has 0 heterocycles. The monoisotopic (exact) mass is 172 g/mol. The average molecular weight is 172 g/mol. The molecule has 0 aliphatic carbocycles. The second-order valence-corrected chi connectivity index (χ2v) is 2.47.